The van der Waals surface area contributed by atoms with E-state index in [1.807, 2.05) is 12.1 Å². The van der Waals surface area contributed by atoms with Gasteiger partial charge in [-0.2, -0.15) is 0 Å². The highest BCUT2D eigenvalue weighted by molar-refractivity contribution is 7.92. The molecule has 13 heteroatoms. The molecule has 5 rings (SSSR count). The third-order valence-corrected chi connectivity index (χ3v) is 11.5. The Morgan fingerprint density at radius 2 is 1.69 bits per heavy atom. The summed E-state index contributed by atoms with van der Waals surface area (Å²) in [6.45, 7) is 6.24. The Labute approximate surface area is 287 Å². The van der Waals surface area contributed by atoms with Gasteiger partial charge in [0, 0.05) is 35.9 Å². The number of carbonyl (C=O) groups is 3. The van der Waals surface area contributed by atoms with Crippen molar-refractivity contribution < 1.29 is 37.0 Å². The molecule has 0 aliphatic carbocycles. The lowest BCUT2D eigenvalue weighted by Crippen LogP contribution is -2.38. The van der Waals surface area contributed by atoms with Gasteiger partial charge in [0.15, 0.2) is 21.3 Å². The normalized spacial score (nSPS) is 17.9. The summed E-state index contributed by atoms with van der Waals surface area (Å²) in [6, 6.07) is 13.8. The molecule has 3 amide bonds. The largest absolute Gasteiger partial charge is 0.493 e. The lowest BCUT2D eigenvalue weighted by molar-refractivity contribution is -0.133. The van der Waals surface area contributed by atoms with Crippen LogP contribution in [0, 0.1) is 0 Å². The topological polar surface area (TPSA) is 152 Å². The molecule has 12 nitrogen and oxygen atoms in total. The summed E-state index contributed by atoms with van der Waals surface area (Å²) >= 11 is 0. The van der Waals surface area contributed by atoms with Gasteiger partial charge in [-0.15, -0.1) is 0 Å². The minimum Gasteiger partial charge on any atom is -0.493 e. The van der Waals surface area contributed by atoms with Gasteiger partial charge in [0.1, 0.15) is 6.04 Å². The van der Waals surface area contributed by atoms with Gasteiger partial charge in [-0.25, -0.2) is 13.2 Å². The van der Waals surface area contributed by atoms with E-state index < -0.39 is 33.3 Å². The molecule has 0 spiro atoms. The zero-order valence-electron chi connectivity index (χ0n) is 28.7. The van der Waals surface area contributed by atoms with Crippen LogP contribution in [0.4, 0.5) is 16.2 Å². The van der Waals surface area contributed by atoms with E-state index in [2.05, 4.69) is 22.9 Å². The van der Waals surface area contributed by atoms with Crippen molar-refractivity contribution in [2.24, 2.45) is 0 Å². The molecule has 1 fully saturated rings. The van der Waals surface area contributed by atoms with Crippen molar-refractivity contribution >= 4 is 39.1 Å². The number of nitrogens with one attached hydrogen (secondary N) is 3. The Balaban J connectivity index is 1.59. The van der Waals surface area contributed by atoms with Crippen LogP contribution in [0.15, 0.2) is 59.5 Å². The third kappa shape index (κ3) is 7.17. The van der Waals surface area contributed by atoms with E-state index in [1.165, 1.54) is 33.5 Å². The highest BCUT2D eigenvalue weighted by Gasteiger charge is 2.38. The summed E-state index contributed by atoms with van der Waals surface area (Å²) in [5.41, 5.74) is 3.43. The number of likely N-dealkylation sites (tertiary alicyclic amines) is 1. The van der Waals surface area contributed by atoms with Crippen LogP contribution < -0.4 is 25.4 Å². The number of hydrogen-bond donors (Lipinski definition) is 3. The molecule has 2 aliphatic rings. The van der Waals surface area contributed by atoms with E-state index in [-0.39, 0.29) is 22.6 Å². The van der Waals surface area contributed by atoms with Crippen molar-refractivity contribution in [2.75, 3.05) is 45.1 Å². The average Bonchev–Trinajstić information content (AvgIpc) is 3.60. The molecule has 2 aliphatic heterocycles. The van der Waals surface area contributed by atoms with E-state index in [4.69, 9.17) is 14.2 Å². The minimum absolute atomic E-state index is 0.101. The van der Waals surface area contributed by atoms with Crippen molar-refractivity contribution in [1.82, 2.24) is 10.2 Å². The molecule has 3 aromatic rings. The summed E-state index contributed by atoms with van der Waals surface area (Å²) in [6.07, 6.45) is 1.30. The van der Waals surface area contributed by atoms with Crippen molar-refractivity contribution in [2.45, 2.75) is 68.2 Å². The summed E-state index contributed by atoms with van der Waals surface area (Å²) in [5, 5.41) is 8.25. The van der Waals surface area contributed by atoms with Crippen LogP contribution in [0.3, 0.4) is 0 Å². The number of carbonyl (C=O) groups excluding carboxylic acids is 3. The van der Waals surface area contributed by atoms with E-state index >= 15 is 0 Å². The summed E-state index contributed by atoms with van der Waals surface area (Å²) in [5.74, 6) is 0.640. The van der Waals surface area contributed by atoms with E-state index in [0.717, 1.165) is 12.0 Å². The third-order valence-electron chi connectivity index (χ3n) is 9.30. The smallest absolute Gasteiger partial charge is 0.411 e. The highest BCUT2D eigenvalue weighted by atomic mass is 32.2. The monoisotopic (exact) mass is 692 g/mol. The lowest BCUT2D eigenvalue weighted by Gasteiger charge is -2.32. The Morgan fingerprint density at radius 3 is 2.37 bits per heavy atom. The van der Waals surface area contributed by atoms with Crippen LogP contribution in [0.25, 0.3) is 0 Å². The predicted molar refractivity (Wildman–Crippen MR) is 186 cm³/mol. The first-order valence-corrected chi connectivity index (χ1v) is 17.9. The molecule has 3 aromatic carbocycles. The number of nitrogens with zero attached hydrogens (tertiary/aromatic N) is 1. The number of benzene rings is 3. The van der Waals surface area contributed by atoms with Gasteiger partial charge in [0.2, 0.25) is 5.91 Å². The second-order valence-corrected chi connectivity index (χ2v) is 14.9. The van der Waals surface area contributed by atoms with Crippen molar-refractivity contribution in [3.63, 3.8) is 0 Å². The summed E-state index contributed by atoms with van der Waals surface area (Å²) in [7, 11) is 0.514. The number of sulfone groups is 1. The lowest BCUT2D eigenvalue weighted by atomic mass is 9.88. The van der Waals surface area contributed by atoms with E-state index in [1.54, 1.807) is 49.1 Å². The summed E-state index contributed by atoms with van der Waals surface area (Å²) in [4.78, 5) is 41.6. The number of hydrogen-bond acceptors (Lipinski definition) is 9. The molecule has 3 N–H and O–H groups in total. The van der Waals surface area contributed by atoms with Crippen LogP contribution in [-0.2, 0) is 19.4 Å². The number of rotatable bonds is 11. The fourth-order valence-electron chi connectivity index (χ4n) is 6.56. The van der Waals surface area contributed by atoms with Gasteiger partial charge >= 0.3 is 6.09 Å². The predicted octanol–water partition coefficient (Wildman–Crippen LogP) is 5.82. The molecule has 1 saturated heterocycles. The first-order chi connectivity index (χ1) is 23.4. The van der Waals surface area contributed by atoms with Crippen molar-refractivity contribution in [1.29, 1.82) is 0 Å². The maximum atomic E-state index is 14.8. The van der Waals surface area contributed by atoms with Gasteiger partial charge in [0.05, 0.1) is 37.5 Å². The molecular formula is C36H44N4O8S. The van der Waals surface area contributed by atoms with E-state index in [0.29, 0.717) is 65.5 Å². The highest BCUT2D eigenvalue weighted by Crippen LogP contribution is 2.41. The molecule has 0 radical (unpaired) electrons. The Morgan fingerprint density at radius 1 is 0.959 bits per heavy atom. The van der Waals surface area contributed by atoms with Crippen molar-refractivity contribution in [3.8, 4) is 11.5 Å². The fourth-order valence-corrected chi connectivity index (χ4v) is 7.85. The van der Waals surface area contributed by atoms with Gasteiger partial charge in [-0.3, -0.25) is 14.9 Å². The molecule has 0 aromatic heterocycles. The number of amides is 3. The van der Waals surface area contributed by atoms with Crippen LogP contribution in [-0.4, -0.2) is 70.9 Å². The number of fused-ring (bicyclic) bond motifs is 1. The van der Waals surface area contributed by atoms with Crippen LogP contribution in [0.2, 0.25) is 0 Å². The van der Waals surface area contributed by atoms with Crippen LogP contribution >= 0.6 is 0 Å². The van der Waals surface area contributed by atoms with Gasteiger partial charge < -0.3 is 29.7 Å². The molecule has 3 atom stereocenters. The maximum absolute atomic E-state index is 14.8. The van der Waals surface area contributed by atoms with Crippen LogP contribution in [0.5, 0.6) is 11.5 Å². The molecule has 0 saturated carbocycles. The second kappa shape index (κ2) is 14.8. The molecule has 1 unspecified atom stereocenters. The zero-order valence-corrected chi connectivity index (χ0v) is 29.5. The Bertz CT molecular complexity index is 1840. The standard InChI is InChI=1S/C36H44N4O8S/c1-7-22-20-37-34(41)27-18-24(11-13-26(22)27)38-33(23-10-14-30(46-4)31(17-23)47-5)35(42)40-16-8-9-29(40)28-19-25(39-36(43)48-6)12-15-32(28)49(44,45)21(2)3/h10-15,17-19,21-22,29,33,38H,7-9,16,20H2,1-6H3,(H,37,41)(H,39,43)/t22-,29?,33-/m1/s1. The molecule has 2 heterocycles. The maximum Gasteiger partial charge on any atom is 0.411 e. The Hall–Kier alpha value is -4.78. The van der Waals surface area contributed by atoms with Crippen molar-refractivity contribution in [3.05, 3.63) is 76.9 Å². The molecular weight excluding hydrogens is 648 g/mol. The number of ether oxygens (including phenoxy) is 3. The minimum atomic E-state index is -3.77. The van der Waals surface area contributed by atoms with Gasteiger partial charge in [-0.05, 0) is 92.3 Å². The number of anilines is 2. The van der Waals surface area contributed by atoms with Crippen LogP contribution in [0.1, 0.15) is 85.1 Å². The fraction of sp³-hybridized carbons (Fsp3) is 0.417. The second-order valence-electron chi connectivity index (χ2n) is 12.5. The van der Waals surface area contributed by atoms with E-state index in [9.17, 15) is 22.8 Å². The zero-order chi connectivity index (χ0) is 35.5. The first-order valence-electron chi connectivity index (χ1n) is 16.4. The van der Waals surface area contributed by atoms with Gasteiger partial charge in [0.25, 0.3) is 5.91 Å². The number of methoxy groups -OCH3 is 3. The molecule has 49 heavy (non-hydrogen) atoms. The first kappa shape index (κ1) is 35.5. The molecule has 262 valence electrons. The quantitative estimate of drug-likeness (QED) is 0.226. The molecule has 0 bridgehead atoms. The summed E-state index contributed by atoms with van der Waals surface area (Å²) < 4.78 is 43.0. The average molecular weight is 693 g/mol. The Kier molecular flexibility index (Phi) is 10.7. The SMILES string of the molecule is CC[C@@H]1CNC(=O)c2cc(N[C@@H](C(=O)N3CCCC3c3cc(NC(=O)OC)ccc3S(=O)(=O)C(C)C)c3ccc(OC)c(OC)c3)ccc21. The van der Waals surface area contributed by atoms with Gasteiger partial charge in [-0.1, -0.05) is 19.1 Å².